The summed E-state index contributed by atoms with van der Waals surface area (Å²) < 4.78 is 38.2. The fourth-order valence-corrected chi connectivity index (χ4v) is 6.76. The third-order valence-corrected chi connectivity index (χ3v) is 8.55. The summed E-state index contributed by atoms with van der Waals surface area (Å²) >= 11 is 1.35. The fraction of sp³-hybridized carbons (Fsp3) is 0.320. The van der Waals surface area contributed by atoms with Crippen molar-refractivity contribution in [1.82, 2.24) is 0 Å². The monoisotopic (exact) mass is 485 g/mol. The summed E-state index contributed by atoms with van der Waals surface area (Å²) in [5, 5.41) is 4.44. The average molecular weight is 486 g/mol. The summed E-state index contributed by atoms with van der Waals surface area (Å²) in [6, 6.07) is 12.4. The van der Waals surface area contributed by atoms with Crippen molar-refractivity contribution in [1.29, 1.82) is 0 Å². The van der Waals surface area contributed by atoms with Crippen LogP contribution in [0.25, 0.3) is 0 Å². The molecule has 1 amide bonds. The molecule has 0 aliphatic carbocycles. The maximum absolute atomic E-state index is 13.3. The first-order chi connectivity index (χ1) is 15.8. The first kappa shape index (κ1) is 23.3. The van der Waals surface area contributed by atoms with Gasteiger partial charge in [-0.15, -0.1) is 11.3 Å². The van der Waals surface area contributed by atoms with Crippen molar-refractivity contribution in [3.8, 4) is 11.5 Å². The van der Waals surface area contributed by atoms with Crippen molar-refractivity contribution in [2.75, 3.05) is 18.5 Å². The lowest BCUT2D eigenvalue weighted by Crippen LogP contribution is -2.23. The topological polar surface area (TPSA) is 81.7 Å². The summed E-state index contributed by atoms with van der Waals surface area (Å²) in [4.78, 5) is 13.8. The molecule has 0 radical (unpaired) electrons. The summed E-state index contributed by atoms with van der Waals surface area (Å²) in [7, 11) is -3.77. The van der Waals surface area contributed by atoms with Gasteiger partial charge in [0.1, 0.15) is 4.90 Å². The summed E-state index contributed by atoms with van der Waals surface area (Å²) in [5.74, 6) is 0.812. The highest BCUT2D eigenvalue weighted by atomic mass is 32.2. The number of aryl methyl sites for hydroxylation is 1. The van der Waals surface area contributed by atoms with E-state index in [1.807, 2.05) is 39.0 Å². The minimum Gasteiger partial charge on any atom is -0.490 e. The highest BCUT2D eigenvalue weighted by Gasteiger charge is 2.34. The molecule has 2 heterocycles. The predicted octanol–water partition coefficient (Wildman–Crippen LogP) is 5.55. The molecule has 0 saturated heterocycles. The van der Waals surface area contributed by atoms with E-state index in [0.717, 1.165) is 22.4 Å². The zero-order chi connectivity index (χ0) is 23.6. The van der Waals surface area contributed by atoms with Crippen LogP contribution in [-0.4, -0.2) is 27.5 Å². The van der Waals surface area contributed by atoms with E-state index in [-0.39, 0.29) is 28.0 Å². The number of thiophene rings is 1. The zero-order valence-electron chi connectivity index (χ0n) is 18.9. The largest absolute Gasteiger partial charge is 0.490 e. The number of amides is 1. The molecule has 33 heavy (non-hydrogen) atoms. The Morgan fingerprint density at radius 2 is 1.82 bits per heavy atom. The lowest BCUT2D eigenvalue weighted by Gasteiger charge is -2.24. The maximum Gasteiger partial charge on any atom is 0.225 e. The van der Waals surface area contributed by atoms with Gasteiger partial charge in [0.2, 0.25) is 15.7 Å². The normalized spacial score (nSPS) is 15.6. The molecule has 4 rings (SSSR count). The Balaban J connectivity index is 1.75. The van der Waals surface area contributed by atoms with Crippen LogP contribution < -0.4 is 14.8 Å². The Bertz CT molecular complexity index is 1260. The number of nitrogens with one attached hydrogen (secondary N) is 1. The molecule has 0 spiro atoms. The second-order valence-electron chi connectivity index (χ2n) is 7.95. The van der Waals surface area contributed by atoms with Gasteiger partial charge in [-0.05, 0) is 50.1 Å². The van der Waals surface area contributed by atoms with Crippen LogP contribution in [0, 0.1) is 6.92 Å². The van der Waals surface area contributed by atoms with Crippen molar-refractivity contribution in [2.45, 2.75) is 49.3 Å². The van der Waals surface area contributed by atoms with Gasteiger partial charge < -0.3 is 14.8 Å². The SMILES string of the molecule is CCCOc1ccc([C@H]2CC(=O)Nc3c(S(=O)(=O)c4ccc(C)cc4)csc32)cc1OCC. The van der Waals surface area contributed by atoms with E-state index in [4.69, 9.17) is 9.47 Å². The fourth-order valence-electron chi connectivity index (χ4n) is 3.86. The number of sulfone groups is 1. The molecule has 3 aromatic rings. The second-order valence-corrected chi connectivity index (χ2v) is 10.8. The van der Waals surface area contributed by atoms with Gasteiger partial charge >= 0.3 is 0 Å². The number of hydrogen-bond acceptors (Lipinski definition) is 6. The number of anilines is 1. The number of carbonyl (C=O) groups excluding carboxylic acids is 1. The van der Waals surface area contributed by atoms with Crippen LogP contribution in [0.5, 0.6) is 11.5 Å². The quantitative estimate of drug-likeness (QED) is 0.452. The molecule has 1 N–H and O–H groups in total. The van der Waals surface area contributed by atoms with Crippen LogP contribution >= 0.6 is 11.3 Å². The molecule has 1 aromatic heterocycles. The van der Waals surface area contributed by atoms with E-state index in [1.54, 1.807) is 29.6 Å². The molecule has 1 atom stereocenters. The number of fused-ring (bicyclic) bond motifs is 1. The predicted molar refractivity (Wildman–Crippen MR) is 129 cm³/mol. The lowest BCUT2D eigenvalue weighted by molar-refractivity contribution is -0.116. The number of benzene rings is 2. The smallest absolute Gasteiger partial charge is 0.225 e. The molecule has 174 valence electrons. The van der Waals surface area contributed by atoms with E-state index >= 15 is 0 Å². The standard InChI is InChI=1S/C25H27NO5S2/c1-4-12-31-20-11-8-17(13-21(20)30-5-2)19-14-23(27)26-24-22(15-32-25(19)24)33(28,29)18-9-6-16(3)7-10-18/h6-11,13,15,19H,4-5,12,14H2,1-3H3,(H,26,27)/t19-/m1/s1. The van der Waals surface area contributed by atoms with Crippen molar-refractivity contribution in [2.24, 2.45) is 0 Å². The molecule has 6 nitrogen and oxygen atoms in total. The summed E-state index contributed by atoms with van der Waals surface area (Å²) in [6.45, 7) is 6.92. The van der Waals surface area contributed by atoms with Crippen LogP contribution in [0.15, 0.2) is 57.6 Å². The third-order valence-electron chi connectivity index (χ3n) is 5.51. The van der Waals surface area contributed by atoms with Crippen molar-refractivity contribution >= 4 is 32.8 Å². The van der Waals surface area contributed by atoms with Gasteiger partial charge in [0.05, 0.1) is 23.8 Å². The second kappa shape index (κ2) is 9.57. The van der Waals surface area contributed by atoms with E-state index in [2.05, 4.69) is 5.32 Å². The van der Waals surface area contributed by atoms with Gasteiger partial charge in [-0.1, -0.05) is 30.7 Å². The first-order valence-electron chi connectivity index (χ1n) is 11.0. The molecule has 0 saturated carbocycles. The van der Waals surface area contributed by atoms with Gasteiger partial charge in [-0.3, -0.25) is 4.79 Å². The molecule has 8 heteroatoms. The summed E-state index contributed by atoms with van der Waals surface area (Å²) in [5.41, 5.74) is 2.25. The van der Waals surface area contributed by atoms with E-state index in [1.165, 1.54) is 11.3 Å². The van der Waals surface area contributed by atoms with Crippen LogP contribution in [0.1, 0.15) is 48.6 Å². The van der Waals surface area contributed by atoms with Gasteiger partial charge in [-0.2, -0.15) is 0 Å². The van der Waals surface area contributed by atoms with Crippen molar-refractivity contribution in [3.05, 3.63) is 63.8 Å². The van der Waals surface area contributed by atoms with E-state index in [9.17, 15) is 13.2 Å². The highest BCUT2D eigenvalue weighted by Crippen LogP contribution is 2.47. The Morgan fingerprint density at radius 3 is 2.52 bits per heavy atom. The van der Waals surface area contributed by atoms with E-state index in [0.29, 0.717) is 30.4 Å². The molecule has 2 aromatic carbocycles. The van der Waals surface area contributed by atoms with Gasteiger partial charge in [-0.25, -0.2) is 8.42 Å². The third kappa shape index (κ3) is 4.63. The van der Waals surface area contributed by atoms with Crippen LogP contribution in [0.3, 0.4) is 0 Å². The lowest BCUT2D eigenvalue weighted by atomic mass is 9.90. The van der Waals surface area contributed by atoms with Crippen molar-refractivity contribution in [3.63, 3.8) is 0 Å². The Hall–Kier alpha value is -2.84. The van der Waals surface area contributed by atoms with E-state index < -0.39 is 9.84 Å². The molecule has 0 fully saturated rings. The number of rotatable bonds is 8. The summed E-state index contributed by atoms with van der Waals surface area (Å²) in [6.07, 6.45) is 1.12. The maximum atomic E-state index is 13.3. The van der Waals surface area contributed by atoms with Gasteiger partial charge in [0.25, 0.3) is 0 Å². The Morgan fingerprint density at radius 1 is 1.06 bits per heavy atom. The zero-order valence-corrected chi connectivity index (χ0v) is 20.5. The Kier molecular flexibility index (Phi) is 6.76. The number of hydrogen-bond donors (Lipinski definition) is 1. The molecule has 0 bridgehead atoms. The van der Waals surface area contributed by atoms with Crippen LogP contribution in [0.2, 0.25) is 0 Å². The van der Waals surface area contributed by atoms with Crippen LogP contribution in [-0.2, 0) is 14.6 Å². The molecule has 1 aliphatic rings. The number of ether oxygens (including phenoxy) is 2. The first-order valence-corrected chi connectivity index (χ1v) is 13.3. The number of carbonyl (C=O) groups is 1. The minimum absolute atomic E-state index is 0.136. The minimum atomic E-state index is -3.77. The molecular formula is C25H27NO5S2. The highest BCUT2D eigenvalue weighted by molar-refractivity contribution is 7.91. The van der Waals surface area contributed by atoms with Crippen LogP contribution in [0.4, 0.5) is 5.69 Å². The van der Waals surface area contributed by atoms with Crippen molar-refractivity contribution < 1.29 is 22.7 Å². The van der Waals surface area contributed by atoms with Gasteiger partial charge in [0, 0.05) is 22.6 Å². The molecular weight excluding hydrogens is 458 g/mol. The Labute approximate surface area is 198 Å². The molecule has 1 aliphatic heterocycles. The van der Waals surface area contributed by atoms with Gasteiger partial charge in [0.15, 0.2) is 11.5 Å². The average Bonchev–Trinajstić information content (AvgIpc) is 3.23. The molecule has 0 unspecified atom stereocenters.